The molecule has 1 amide bonds. The third kappa shape index (κ3) is 4.35. The van der Waals surface area contributed by atoms with Gasteiger partial charge in [0.2, 0.25) is 0 Å². The summed E-state index contributed by atoms with van der Waals surface area (Å²) in [4.78, 5) is 23.7. The summed E-state index contributed by atoms with van der Waals surface area (Å²) in [5.74, 6) is 0.0688. The van der Waals surface area contributed by atoms with Crippen LogP contribution in [-0.2, 0) is 4.79 Å². The number of nitrogens with one attached hydrogen (secondary N) is 1. The van der Waals surface area contributed by atoms with E-state index in [0.29, 0.717) is 16.9 Å². The van der Waals surface area contributed by atoms with Gasteiger partial charge < -0.3 is 19.6 Å². The molecule has 0 saturated heterocycles. The Balaban J connectivity index is 1.59. The van der Waals surface area contributed by atoms with Crippen molar-refractivity contribution < 1.29 is 19.1 Å². The maximum atomic E-state index is 11.9. The monoisotopic (exact) mass is 367 g/mol. The first-order valence-corrected chi connectivity index (χ1v) is 8.62. The number of amides is 1. The van der Waals surface area contributed by atoms with Crippen molar-refractivity contribution in [2.24, 2.45) is 0 Å². The molecule has 0 bridgehead atoms. The number of carbonyl (C=O) groups is 1. The van der Waals surface area contributed by atoms with Crippen molar-refractivity contribution in [1.82, 2.24) is 5.32 Å². The van der Waals surface area contributed by atoms with Crippen LogP contribution < -0.4 is 15.7 Å². The summed E-state index contributed by atoms with van der Waals surface area (Å²) >= 11 is 0. The Kier molecular flexibility index (Phi) is 5.57. The second-order valence-corrected chi connectivity index (χ2v) is 6.32. The molecule has 2 N–H and O–H groups in total. The molecule has 6 nitrogen and oxygen atoms in total. The normalized spacial score (nSPS) is 12.0. The van der Waals surface area contributed by atoms with E-state index < -0.39 is 6.10 Å². The van der Waals surface area contributed by atoms with Crippen molar-refractivity contribution in [3.8, 4) is 5.75 Å². The molecule has 0 aliphatic carbocycles. The second kappa shape index (κ2) is 8.05. The van der Waals surface area contributed by atoms with Gasteiger partial charge in [0.15, 0.2) is 6.61 Å². The third-order valence-electron chi connectivity index (χ3n) is 4.48. The second-order valence-electron chi connectivity index (χ2n) is 6.32. The fourth-order valence-corrected chi connectivity index (χ4v) is 2.72. The van der Waals surface area contributed by atoms with E-state index in [2.05, 4.69) is 5.32 Å². The minimum absolute atomic E-state index is 0.0945. The fraction of sp³-hybridized carbons (Fsp3) is 0.238. The number of carbonyl (C=O) groups excluding carboxylic acids is 1. The predicted molar refractivity (Wildman–Crippen MR) is 102 cm³/mol. The molecule has 0 aliphatic heterocycles. The zero-order valence-electron chi connectivity index (χ0n) is 15.2. The van der Waals surface area contributed by atoms with Gasteiger partial charge in [0, 0.05) is 23.6 Å². The Labute approximate surface area is 156 Å². The molecule has 3 rings (SSSR count). The van der Waals surface area contributed by atoms with Gasteiger partial charge in [0.25, 0.3) is 5.91 Å². The predicted octanol–water partition coefficient (Wildman–Crippen LogP) is 2.64. The summed E-state index contributed by atoms with van der Waals surface area (Å²) in [5, 5.41) is 13.5. The number of benzene rings is 2. The summed E-state index contributed by atoms with van der Waals surface area (Å²) in [6.07, 6.45) is -0.781. The molecule has 0 unspecified atom stereocenters. The summed E-state index contributed by atoms with van der Waals surface area (Å²) in [6, 6.07) is 14.2. The largest absolute Gasteiger partial charge is 0.484 e. The van der Waals surface area contributed by atoms with E-state index in [1.807, 2.05) is 25.1 Å². The van der Waals surface area contributed by atoms with Crippen molar-refractivity contribution in [3.63, 3.8) is 0 Å². The lowest BCUT2D eigenvalue weighted by atomic mass is 10.1. The topological polar surface area (TPSA) is 88.8 Å². The van der Waals surface area contributed by atoms with Crippen LogP contribution in [0.5, 0.6) is 5.75 Å². The summed E-state index contributed by atoms with van der Waals surface area (Å²) in [7, 11) is 0. The summed E-state index contributed by atoms with van der Waals surface area (Å²) < 4.78 is 10.7. The molecule has 1 heterocycles. The van der Waals surface area contributed by atoms with Crippen molar-refractivity contribution in [2.75, 3.05) is 13.2 Å². The van der Waals surface area contributed by atoms with Gasteiger partial charge >= 0.3 is 5.63 Å². The van der Waals surface area contributed by atoms with E-state index in [9.17, 15) is 14.7 Å². The average Bonchev–Trinajstić information content (AvgIpc) is 2.69. The Bertz CT molecular complexity index is 1010. The molecule has 0 radical (unpaired) electrons. The molecule has 0 saturated carbocycles. The maximum Gasteiger partial charge on any atom is 0.339 e. The number of fused-ring (bicyclic) bond motifs is 1. The standard InChI is InChI=1S/C21H21NO5/c1-13-14(2)21(25)27-19-10-16(8-9-17(13)19)26-12-20(24)22-11-18(23)15-6-4-3-5-7-15/h3-10,18,23H,11-12H2,1-2H3,(H,22,24)/t18-/m1/s1. The highest BCUT2D eigenvalue weighted by atomic mass is 16.5. The van der Waals surface area contributed by atoms with Crippen LogP contribution in [-0.4, -0.2) is 24.2 Å². The smallest absolute Gasteiger partial charge is 0.339 e. The quantitative estimate of drug-likeness (QED) is 0.654. The van der Waals surface area contributed by atoms with E-state index in [0.717, 1.165) is 16.5 Å². The Morgan fingerprint density at radius 1 is 1.15 bits per heavy atom. The first kappa shape index (κ1) is 18.7. The lowest BCUT2D eigenvalue weighted by molar-refractivity contribution is -0.123. The van der Waals surface area contributed by atoms with E-state index in [-0.39, 0.29) is 24.7 Å². The van der Waals surface area contributed by atoms with Crippen LogP contribution in [0.25, 0.3) is 11.0 Å². The van der Waals surface area contributed by atoms with Crippen LogP contribution in [0.3, 0.4) is 0 Å². The first-order chi connectivity index (χ1) is 13.0. The SMILES string of the molecule is Cc1c(C)c2ccc(OCC(=O)NC[C@@H](O)c3ccccc3)cc2oc1=O. The molecule has 1 aromatic heterocycles. The molecule has 0 fully saturated rings. The van der Waals surface area contributed by atoms with Crippen molar-refractivity contribution in [3.05, 3.63) is 75.6 Å². The number of hydrogen-bond acceptors (Lipinski definition) is 5. The van der Waals surface area contributed by atoms with E-state index >= 15 is 0 Å². The fourth-order valence-electron chi connectivity index (χ4n) is 2.72. The van der Waals surface area contributed by atoms with Crippen molar-refractivity contribution >= 4 is 16.9 Å². The molecular formula is C21H21NO5. The minimum Gasteiger partial charge on any atom is -0.484 e. The number of rotatable bonds is 6. The zero-order chi connectivity index (χ0) is 19.4. The molecule has 2 aromatic carbocycles. The van der Waals surface area contributed by atoms with Crippen LogP contribution in [0, 0.1) is 13.8 Å². The highest BCUT2D eigenvalue weighted by molar-refractivity contribution is 5.82. The number of aliphatic hydroxyl groups is 1. The Morgan fingerprint density at radius 3 is 2.63 bits per heavy atom. The van der Waals surface area contributed by atoms with Gasteiger partial charge in [-0.15, -0.1) is 0 Å². The number of hydrogen-bond donors (Lipinski definition) is 2. The van der Waals surface area contributed by atoms with Gasteiger partial charge in [-0.1, -0.05) is 30.3 Å². The molecule has 3 aromatic rings. The Morgan fingerprint density at radius 2 is 1.89 bits per heavy atom. The van der Waals surface area contributed by atoms with Gasteiger partial charge in [-0.3, -0.25) is 4.79 Å². The average molecular weight is 367 g/mol. The summed E-state index contributed by atoms with van der Waals surface area (Å²) in [6.45, 7) is 3.47. The van der Waals surface area contributed by atoms with E-state index in [1.54, 1.807) is 37.3 Å². The summed E-state index contributed by atoms with van der Waals surface area (Å²) in [5.41, 5.74) is 2.20. The molecule has 0 spiro atoms. The number of aryl methyl sites for hydroxylation is 1. The van der Waals surface area contributed by atoms with Gasteiger partial charge in [-0.2, -0.15) is 0 Å². The first-order valence-electron chi connectivity index (χ1n) is 8.62. The van der Waals surface area contributed by atoms with Crippen molar-refractivity contribution in [2.45, 2.75) is 20.0 Å². The molecule has 27 heavy (non-hydrogen) atoms. The molecule has 0 aliphatic rings. The van der Waals surface area contributed by atoms with Crippen LogP contribution >= 0.6 is 0 Å². The number of ether oxygens (including phenoxy) is 1. The van der Waals surface area contributed by atoms with Gasteiger partial charge in [0.05, 0.1) is 6.10 Å². The van der Waals surface area contributed by atoms with E-state index in [4.69, 9.17) is 9.15 Å². The van der Waals surface area contributed by atoms with Crippen LogP contribution in [0.15, 0.2) is 57.7 Å². The molecular weight excluding hydrogens is 346 g/mol. The van der Waals surface area contributed by atoms with Crippen LogP contribution in [0.2, 0.25) is 0 Å². The van der Waals surface area contributed by atoms with E-state index in [1.165, 1.54) is 0 Å². The lowest BCUT2D eigenvalue weighted by Crippen LogP contribution is -2.32. The van der Waals surface area contributed by atoms with Gasteiger partial charge in [-0.25, -0.2) is 4.79 Å². The maximum absolute atomic E-state index is 11.9. The van der Waals surface area contributed by atoms with Gasteiger partial charge in [0.1, 0.15) is 11.3 Å². The van der Waals surface area contributed by atoms with Crippen LogP contribution in [0.4, 0.5) is 0 Å². The molecule has 6 heteroatoms. The lowest BCUT2D eigenvalue weighted by Gasteiger charge is -2.13. The highest BCUT2D eigenvalue weighted by Crippen LogP contribution is 2.23. The van der Waals surface area contributed by atoms with Crippen LogP contribution in [0.1, 0.15) is 22.8 Å². The molecule has 140 valence electrons. The third-order valence-corrected chi connectivity index (χ3v) is 4.48. The molecule has 1 atom stereocenters. The highest BCUT2D eigenvalue weighted by Gasteiger charge is 2.11. The Hall–Kier alpha value is -3.12. The van der Waals surface area contributed by atoms with Gasteiger partial charge in [-0.05, 0) is 37.1 Å². The zero-order valence-corrected chi connectivity index (χ0v) is 15.2. The van der Waals surface area contributed by atoms with Crippen molar-refractivity contribution in [1.29, 1.82) is 0 Å². The minimum atomic E-state index is -0.781. The number of aliphatic hydroxyl groups excluding tert-OH is 1.